The van der Waals surface area contributed by atoms with Crippen molar-refractivity contribution in [1.29, 1.82) is 0 Å². The number of piperazine rings is 1. The molecule has 0 aliphatic carbocycles. The second-order valence-electron chi connectivity index (χ2n) is 5.96. The van der Waals surface area contributed by atoms with Crippen LogP contribution in [-0.4, -0.2) is 68.5 Å². The maximum Gasteiger partial charge on any atom is 0.254 e. The molecule has 0 saturated carbocycles. The van der Waals surface area contributed by atoms with Crippen LogP contribution >= 0.6 is 0 Å². The summed E-state index contributed by atoms with van der Waals surface area (Å²) >= 11 is 0. The Hall–Kier alpha value is -2.71. The Kier molecular flexibility index (Phi) is 4.32. The van der Waals surface area contributed by atoms with Gasteiger partial charge in [0.25, 0.3) is 5.78 Å². The van der Waals surface area contributed by atoms with Gasteiger partial charge < -0.3 is 15.1 Å². The number of nitrogens with one attached hydrogen (secondary N) is 1. The minimum atomic E-state index is -0.501. The molecule has 1 aliphatic heterocycles. The van der Waals surface area contributed by atoms with Crippen LogP contribution in [0.2, 0.25) is 0 Å². The maximum atomic E-state index is 12.4. The molecule has 0 aromatic carbocycles. The summed E-state index contributed by atoms with van der Waals surface area (Å²) in [7, 11) is 0. The van der Waals surface area contributed by atoms with Crippen molar-refractivity contribution in [3.8, 4) is 0 Å². The van der Waals surface area contributed by atoms with Gasteiger partial charge in [0.2, 0.25) is 11.8 Å². The number of aryl methyl sites for hydroxylation is 1. The van der Waals surface area contributed by atoms with Crippen LogP contribution in [0.4, 0.5) is 5.82 Å². The van der Waals surface area contributed by atoms with Crippen LogP contribution in [0, 0.1) is 6.92 Å². The number of rotatable bonds is 3. The Balaban J connectivity index is 1.69. The van der Waals surface area contributed by atoms with E-state index in [-0.39, 0.29) is 11.8 Å². The molecule has 0 bridgehead atoms. The molecule has 1 fully saturated rings. The Morgan fingerprint density at radius 1 is 1.25 bits per heavy atom. The van der Waals surface area contributed by atoms with E-state index in [2.05, 4.69) is 25.3 Å². The van der Waals surface area contributed by atoms with Gasteiger partial charge in [-0.05, 0) is 13.8 Å². The average molecular weight is 331 g/mol. The van der Waals surface area contributed by atoms with E-state index in [1.54, 1.807) is 16.3 Å². The van der Waals surface area contributed by atoms with E-state index in [0.29, 0.717) is 32.0 Å². The van der Waals surface area contributed by atoms with Crippen molar-refractivity contribution in [3.63, 3.8) is 0 Å². The lowest BCUT2D eigenvalue weighted by atomic mass is 10.2. The molecular formula is C15H21N7O2. The number of anilines is 1. The normalized spacial score (nSPS) is 16.3. The standard InChI is InChI=1S/C15H21N7O2/c1-10-8-13(22-15(18-10)16-9-17-22)20-4-6-21(7-5-20)14(24)11(2)19-12(3)23/h8-9,11H,4-7H2,1-3H3,(H,19,23)/t11-/m1/s1. The van der Waals surface area contributed by atoms with Crippen LogP contribution in [0.5, 0.6) is 0 Å². The van der Waals surface area contributed by atoms with E-state index in [4.69, 9.17) is 0 Å². The van der Waals surface area contributed by atoms with Crippen LogP contribution in [-0.2, 0) is 9.59 Å². The molecule has 3 heterocycles. The zero-order valence-corrected chi connectivity index (χ0v) is 14.1. The summed E-state index contributed by atoms with van der Waals surface area (Å²) < 4.78 is 1.71. The quantitative estimate of drug-likeness (QED) is 0.823. The highest BCUT2D eigenvalue weighted by Crippen LogP contribution is 2.18. The summed E-state index contributed by atoms with van der Waals surface area (Å²) in [6.07, 6.45) is 1.49. The third-order valence-corrected chi connectivity index (χ3v) is 4.07. The predicted molar refractivity (Wildman–Crippen MR) is 87.6 cm³/mol. The zero-order chi connectivity index (χ0) is 17.3. The van der Waals surface area contributed by atoms with Crippen LogP contribution in [0.25, 0.3) is 5.78 Å². The predicted octanol–water partition coefficient (Wildman–Crippen LogP) is -0.394. The van der Waals surface area contributed by atoms with Crippen LogP contribution < -0.4 is 10.2 Å². The number of carbonyl (C=O) groups excluding carboxylic acids is 2. The summed E-state index contributed by atoms with van der Waals surface area (Å²) in [5, 5.41) is 6.86. The van der Waals surface area contributed by atoms with E-state index < -0.39 is 6.04 Å². The summed E-state index contributed by atoms with van der Waals surface area (Å²) in [4.78, 5) is 35.9. The molecule has 128 valence electrons. The highest BCUT2D eigenvalue weighted by atomic mass is 16.2. The molecule has 1 N–H and O–H groups in total. The Morgan fingerprint density at radius 2 is 1.96 bits per heavy atom. The molecule has 0 unspecified atom stereocenters. The molecule has 2 aromatic rings. The number of nitrogens with zero attached hydrogens (tertiary/aromatic N) is 6. The molecule has 1 atom stereocenters. The second kappa shape index (κ2) is 6.42. The molecule has 1 aliphatic rings. The Bertz CT molecular complexity index is 764. The van der Waals surface area contributed by atoms with Crippen molar-refractivity contribution in [2.45, 2.75) is 26.8 Å². The van der Waals surface area contributed by atoms with E-state index in [0.717, 1.165) is 11.5 Å². The van der Waals surface area contributed by atoms with Crippen LogP contribution in [0.15, 0.2) is 12.4 Å². The van der Waals surface area contributed by atoms with Crippen molar-refractivity contribution in [2.24, 2.45) is 0 Å². The SMILES string of the molecule is CC(=O)N[C@H](C)C(=O)N1CCN(c2cc(C)nc3ncnn23)CC1. The van der Waals surface area contributed by atoms with Crippen LogP contribution in [0.3, 0.4) is 0 Å². The summed E-state index contributed by atoms with van der Waals surface area (Å²) in [6.45, 7) is 7.62. The summed E-state index contributed by atoms with van der Waals surface area (Å²) in [5.74, 6) is 1.25. The van der Waals surface area contributed by atoms with Crippen LogP contribution in [0.1, 0.15) is 19.5 Å². The number of hydrogen-bond donors (Lipinski definition) is 1. The smallest absolute Gasteiger partial charge is 0.254 e. The van der Waals surface area contributed by atoms with Gasteiger partial charge in [-0.2, -0.15) is 14.6 Å². The fraction of sp³-hybridized carbons (Fsp3) is 0.533. The van der Waals surface area contributed by atoms with Crippen molar-refractivity contribution in [2.75, 3.05) is 31.1 Å². The van der Waals surface area contributed by atoms with Crippen molar-refractivity contribution in [1.82, 2.24) is 29.8 Å². The fourth-order valence-corrected chi connectivity index (χ4v) is 2.93. The largest absolute Gasteiger partial charge is 0.353 e. The summed E-state index contributed by atoms with van der Waals surface area (Å²) in [5.41, 5.74) is 0.878. The fourth-order valence-electron chi connectivity index (χ4n) is 2.93. The van der Waals surface area contributed by atoms with Gasteiger partial charge in [0.15, 0.2) is 0 Å². The molecule has 9 nitrogen and oxygen atoms in total. The molecule has 2 amide bonds. The van der Waals surface area contributed by atoms with Gasteiger partial charge in [-0.25, -0.2) is 4.98 Å². The van der Waals surface area contributed by atoms with Crippen molar-refractivity contribution < 1.29 is 9.59 Å². The third kappa shape index (κ3) is 3.15. The van der Waals surface area contributed by atoms with Gasteiger partial charge in [-0.3, -0.25) is 9.59 Å². The van der Waals surface area contributed by atoms with E-state index >= 15 is 0 Å². The second-order valence-corrected chi connectivity index (χ2v) is 5.96. The first-order valence-corrected chi connectivity index (χ1v) is 7.94. The molecule has 9 heteroatoms. The topological polar surface area (TPSA) is 95.7 Å². The molecular weight excluding hydrogens is 310 g/mol. The minimum Gasteiger partial charge on any atom is -0.353 e. The molecule has 24 heavy (non-hydrogen) atoms. The molecule has 0 spiro atoms. The number of aromatic nitrogens is 4. The summed E-state index contributed by atoms with van der Waals surface area (Å²) in [6, 6.07) is 1.47. The van der Waals surface area contributed by atoms with Gasteiger partial charge in [0.1, 0.15) is 18.2 Å². The number of amides is 2. The molecule has 2 aromatic heterocycles. The van der Waals surface area contributed by atoms with Gasteiger partial charge in [-0.15, -0.1) is 0 Å². The van der Waals surface area contributed by atoms with E-state index in [1.165, 1.54) is 13.3 Å². The molecule has 3 rings (SSSR count). The lowest BCUT2D eigenvalue weighted by molar-refractivity contribution is -0.135. The molecule has 0 radical (unpaired) electrons. The third-order valence-electron chi connectivity index (χ3n) is 4.07. The number of hydrogen-bond acceptors (Lipinski definition) is 6. The first-order chi connectivity index (χ1) is 11.5. The highest BCUT2D eigenvalue weighted by molar-refractivity contribution is 5.86. The lowest BCUT2D eigenvalue weighted by Gasteiger charge is -2.37. The maximum absolute atomic E-state index is 12.4. The Labute approximate surface area is 139 Å². The number of carbonyl (C=O) groups is 2. The van der Waals surface area contributed by atoms with Gasteiger partial charge in [0.05, 0.1) is 0 Å². The average Bonchev–Trinajstić information content (AvgIpc) is 3.01. The number of fused-ring (bicyclic) bond motifs is 1. The van der Waals surface area contributed by atoms with Crippen molar-refractivity contribution in [3.05, 3.63) is 18.1 Å². The van der Waals surface area contributed by atoms with Gasteiger partial charge in [0, 0.05) is 44.9 Å². The highest BCUT2D eigenvalue weighted by Gasteiger charge is 2.26. The first-order valence-electron chi connectivity index (χ1n) is 7.94. The lowest BCUT2D eigenvalue weighted by Crippen LogP contribution is -2.54. The zero-order valence-electron chi connectivity index (χ0n) is 14.1. The van der Waals surface area contributed by atoms with E-state index in [9.17, 15) is 9.59 Å². The monoisotopic (exact) mass is 331 g/mol. The van der Waals surface area contributed by atoms with Gasteiger partial charge >= 0.3 is 0 Å². The Morgan fingerprint density at radius 3 is 2.62 bits per heavy atom. The minimum absolute atomic E-state index is 0.0540. The van der Waals surface area contributed by atoms with Gasteiger partial charge in [-0.1, -0.05) is 0 Å². The first kappa shape index (κ1) is 16.2. The molecule has 1 saturated heterocycles. The van der Waals surface area contributed by atoms with Crippen molar-refractivity contribution >= 4 is 23.4 Å². The van der Waals surface area contributed by atoms with E-state index in [1.807, 2.05) is 13.0 Å².